The summed E-state index contributed by atoms with van der Waals surface area (Å²) in [5.74, 6) is -0.0861. The first-order valence-electron chi connectivity index (χ1n) is 9.55. The molecule has 0 aliphatic heterocycles. The van der Waals surface area contributed by atoms with Crippen molar-refractivity contribution in [3.8, 4) is 5.75 Å². The van der Waals surface area contributed by atoms with Crippen LogP contribution in [0.3, 0.4) is 0 Å². The number of aromatic amines is 1. The minimum Gasteiger partial charge on any atom is -0.507 e. The third kappa shape index (κ3) is 3.65. The number of hydrogen-bond acceptors (Lipinski definition) is 4. The summed E-state index contributed by atoms with van der Waals surface area (Å²) in [5, 5.41) is 10.1. The van der Waals surface area contributed by atoms with Crippen LogP contribution in [0.4, 0.5) is 0 Å². The van der Waals surface area contributed by atoms with E-state index in [1.807, 2.05) is 18.2 Å². The number of Topliss-reactive ketones (excluding diaryl/α,β-unsaturated/α-hetero) is 1. The van der Waals surface area contributed by atoms with Crippen molar-refractivity contribution in [3.05, 3.63) is 105 Å². The number of rotatable bonds is 4. The van der Waals surface area contributed by atoms with E-state index in [9.17, 15) is 14.7 Å². The highest BCUT2D eigenvalue weighted by molar-refractivity contribution is 6.32. The lowest BCUT2D eigenvalue weighted by molar-refractivity contribution is 0.105. The Hall–Kier alpha value is -3.99. The molecule has 0 aliphatic rings. The average Bonchev–Trinajstić information content (AvgIpc) is 2.75. The van der Waals surface area contributed by atoms with Crippen LogP contribution in [0.2, 0.25) is 0 Å². The van der Waals surface area contributed by atoms with Crippen molar-refractivity contribution in [2.75, 3.05) is 0 Å². The standard InChI is InChI=1S/C25H20N2O3/c1-15-12-17(13-16(2)23(15)28)14-19(24(29)18-8-4-3-5-9-18)22-25(30)27-21-11-7-6-10-20(21)26-22/h3-14,28H,1-2H3,(H,27,30)/b19-14+. The monoisotopic (exact) mass is 396 g/mol. The van der Waals surface area contributed by atoms with Crippen molar-refractivity contribution in [1.29, 1.82) is 0 Å². The smallest absolute Gasteiger partial charge is 0.275 e. The van der Waals surface area contributed by atoms with Gasteiger partial charge in [0, 0.05) is 5.56 Å². The van der Waals surface area contributed by atoms with Gasteiger partial charge in [-0.3, -0.25) is 9.59 Å². The molecule has 0 aliphatic carbocycles. The summed E-state index contributed by atoms with van der Waals surface area (Å²) in [6.07, 6.45) is 1.65. The molecule has 1 aromatic heterocycles. The Bertz CT molecular complexity index is 1330. The molecule has 0 atom stereocenters. The third-order valence-electron chi connectivity index (χ3n) is 4.96. The maximum Gasteiger partial charge on any atom is 0.275 e. The molecule has 0 fully saturated rings. The molecule has 0 saturated heterocycles. The Morgan fingerprint density at radius 2 is 1.60 bits per heavy atom. The number of nitrogens with one attached hydrogen (secondary N) is 1. The van der Waals surface area contributed by atoms with E-state index in [0.717, 1.165) is 0 Å². The molecule has 3 aromatic carbocycles. The van der Waals surface area contributed by atoms with Gasteiger partial charge < -0.3 is 10.1 Å². The van der Waals surface area contributed by atoms with Gasteiger partial charge >= 0.3 is 0 Å². The number of hydrogen-bond donors (Lipinski definition) is 2. The second-order valence-electron chi connectivity index (χ2n) is 7.19. The molecule has 0 unspecified atom stereocenters. The van der Waals surface area contributed by atoms with E-state index in [-0.39, 0.29) is 22.8 Å². The lowest BCUT2D eigenvalue weighted by Gasteiger charge is -2.10. The molecule has 0 radical (unpaired) electrons. The van der Waals surface area contributed by atoms with Gasteiger partial charge in [-0.2, -0.15) is 0 Å². The highest BCUT2D eigenvalue weighted by Crippen LogP contribution is 2.27. The third-order valence-corrected chi connectivity index (χ3v) is 4.96. The summed E-state index contributed by atoms with van der Waals surface area (Å²) in [6, 6.07) is 19.5. The van der Waals surface area contributed by atoms with Crippen molar-refractivity contribution in [2.45, 2.75) is 13.8 Å². The Balaban J connectivity index is 1.96. The number of para-hydroxylation sites is 2. The molecule has 5 nitrogen and oxygen atoms in total. The maximum atomic E-state index is 13.4. The summed E-state index contributed by atoms with van der Waals surface area (Å²) in [5.41, 5.74) is 3.56. The largest absolute Gasteiger partial charge is 0.507 e. The van der Waals surface area contributed by atoms with Crippen LogP contribution in [0.15, 0.2) is 71.5 Å². The molecule has 0 saturated carbocycles. The number of aromatic nitrogens is 2. The molecule has 5 heteroatoms. The molecule has 2 N–H and O–H groups in total. The zero-order valence-electron chi connectivity index (χ0n) is 16.6. The van der Waals surface area contributed by atoms with Gasteiger partial charge in [0.15, 0.2) is 5.78 Å². The van der Waals surface area contributed by atoms with E-state index >= 15 is 0 Å². The molecule has 4 rings (SSSR count). The van der Waals surface area contributed by atoms with Gasteiger partial charge in [-0.25, -0.2) is 4.98 Å². The zero-order valence-corrected chi connectivity index (χ0v) is 16.6. The Labute approximate surface area is 173 Å². The Morgan fingerprint density at radius 3 is 2.30 bits per heavy atom. The molecule has 0 spiro atoms. The number of carbonyl (C=O) groups is 1. The highest BCUT2D eigenvalue weighted by Gasteiger charge is 2.20. The van der Waals surface area contributed by atoms with E-state index in [4.69, 9.17) is 0 Å². The molecule has 4 aromatic rings. The van der Waals surface area contributed by atoms with Gasteiger partial charge in [0.1, 0.15) is 11.4 Å². The summed E-state index contributed by atoms with van der Waals surface area (Å²) in [4.78, 5) is 33.5. The zero-order chi connectivity index (χ0) is 21.3. The molecule has 1 heterocycles. The number of aryl methyl sites for hydroxylation is 2. The number of aromatic hydroxyl groups is 1. The van der Waals surface area contributed by atoms with Crippen molar-refractivity contribution >= 4 is 28.5 Å². The second kappa shape index (κ2) is 7.79. The van der Waals surface area contributed by atoms with Crippen LogP contribution in [0, 0.1) is 13.8 Å². The quantitative estimate of drug-likeness (QED) is 0.388. The van der Waals surface area contributed by atoms with Crippen LogP contribution in [0.5, 0.6) is 5.75 Å². The van der Waals surface area contributed by atoms with Crippen LogP contribution >= 0.6 is 0 Å². The molecular weight excluding hydrogens is 376 g/mol. The molecular formula is C25H20N2O3. The van der Waals surface area contributed by atoms with Crippen molar-refractivity contribution < 1.29 is 9.90 Å². The van der Waals surface area contributed by atoms with E-state index in [0.29, 0.717) is 33.3 Å². The fourth-order valence-corrected chi connectivity index (χ4v) is 3.44. The first kappa shape index (κ1) is 19.3. The van der Waals surface area contributed by atoms with E-state index in [1.54, 1.807) is 68.5 Å². The van der Waals surface area contributed by atoms with Crippen LogP contribution in [0.25, 0.3) is 22.7 Å². The van der Waals surface area contributed by atoms with Crippen molar-refractivity contribution in [3.63, 3.8) is 0 Å². The number of fused-ring (bicyclic) bond motifs is 1. The fraction of sp³-hybridized carbons (Fsp3) is 0.0800. The maximum absolute atomic E-state index is 13.4. The van der Waals surface area contributed by atoms with Crippen molar-refractivity contribution in [1.82, 2.24) is 9.97 Å². The summed E-state index contributed by atoms with van der Waals surface area (Å²) in [7, 11) is 0. The Morgan fingerprint density at radius 1 is 0.967 bits per heavy atom. The predicted octanol–water partition coefficient (Wildman–Crippen LogP) is 4.67. The topological polar surface area (TPSA) is 83.0 Å². The number of phenols is 1. The number of benzene rings is 3. The average molecular weight is 396 g/mol. The summed E-state index contributed by atoms with van der Waals surface area (Å²) < 4.78 is 0. The van der Waals surface area contributed by atoms with Crippen LogP contribution < -0.4 is 5.56 Å². The van der Waals surface area contributed by atoms with Gasteiger partial charge in [0.25, 0.3) is 5.56 Å². The molecule has 30 heavy (non-hydrogen) atoms. The molecule has 148 valence electrons. The minimum absolute atomic E-state index is 0.0611. The number of ketones is 1. The number of allylic oxidation sites excluding steroid dienone is 1. The van der Waals surface area contributed by atoms with Gasteiger partial charge in [-0.1, -0.05) is 42.5 Å². The first-order chi connectivity index (χ1) is 14.4. The fourth-order valence-electron chi connectivity index (χ4n) is 3.44. The number of nitrogens with zero attached hydrogens (tertiary/aromatic N) is 1. The van der Waals surface area contributed by atoms with Gasteiger partial charge in [-0.15, -0.1) is 0 Å². The second-order valence-corrected chi connectivity index (χ2v) is 7.19. The lowest BCUT2D eigenvalue weighted by atomic mass is 9.96. The van der Waals surface area contributed by atoms with Crippen LogP contribution in [-0.4, -0.2) is 20.9 Å². The lowest BCUT2D eigenvalue weighted by Crippen LogP contribution is -2.18. The number of carbonyl (C=O) groups excluding carboxylic acids is 1. The molecule has 0 amide bonds. The molecule has 0 bridgehead atoms. The summed E-state index contributed by atoms with van der Waals surface area (Å²) >= 11 is 0. The minimum atomic E-state index is -0.434. The number of phenolic OH excluding ortho intramolecular Hbond substituents is 1. The first-order valence-corrected chi connectivity index (χ1v) is 9.55. The van der Waals surface area contributed by atoms with Gasteiger partial charge in [-0.05, 0) is 60.9 Å². The highest BCUT2D eigenvalue weighted by atomic mass is 16.3. The van der Waals surface area contributed by atoms with E-state index in [1.165, 1.54) is 0 Å². The van der Waals surface area contributed by atoms with E-state index in [2.05, 4.69) is 9.97 Å². The predicted molar refractivity (Wildman–Crippen MR) is 119 cm³/mol. The van der Waals surface area contributed by atoms with Crippen LogP contribution in [0.1, 0.15) is 32.7 Å². The summed E-state index contributed by atoms with van der Waals surface area (Å²) in [6.45, 7) is 3.58. The van der Waals surface area contributed by atoms with Crippen molar-refractivity contribution in [2.24, 2.45) is 0 Å². The normalized spacial score (nSPS) is 11.6. The van der Waals surface area contributed by atoms with Gasteiger partial charge in [0.2, 0.25) is 0 Å². The van der Waals surface area contributed by atoms with E-state index < -0.39 is 5.56 Å². The van der Waals surface area contributed by atoms with Crippen LogP contribution in [-0.2, 0) is 0 Å². The number of H-pyrrole nitrogens is 1. The SMILES string of the molecule is Cc1cc(/C=C(/C(=O)c2ccccc2)c2nc3ccccc3[nH]c2=O)cc(C)c1O. The Kier molecular flexibility index (Phi) is 5.02. The van der Waals surface area contributed by atoms with Gasteiger partial charge in [0.05, 0.1) is 16.6 Å².